The van der Waals surface area contributed by atoms with Crippen LogP contribution in [0, 0.1) is 6.07 Å². The van der Waals surface area contributed by atoms with E-state index < -0.39 is 0 Å². The molecule has 8 rings (SSSR count). The molecule has 0 atom stereocenters. The predicted molar refractivity (Wildman–Crippen MR) is 218 cm³/mol. The average molecular weight is 874 g/mol. The Bertz CT molecular complexity index is 2590. The summed E-state index contributed by atoms with van der Waals surface area (Å²) in [6, 6.07) is 43.0. The molecule has 0 aliphatic heterocycles. The van der Waals surface area contributed by atoms with Crippen LogP contribution in [-0.2, 0) is 37.3 Å². The Kier molecular flexibility index (Phi) is 9.14. The molecule has 0 saturated carbocycles. The third-order valence-electron chi connectivity index (χ3n) is 10.2. The molecule has 0 radical (unpaired) electrons. The topological polar surface area (TPSA) is 44.8 Å². The monoisotopic (exact) mass is 873 g/mol. The minimum atomic E-state index is -0.00247. The third-order valence-corrected chi connectivity index (χ3v) is 10.2. The van der Waals surface area contributed by atoms with Crippen LogP contribution in [-0.4, -0.2) is 14.5 Å². The Morgan fingerprint density at radius 2 is 1.21 bits per heavy atom. The van der Waals surface area contributed by atoms with Crippen LogP contribution in [0.25, 0.3) is 72.3 Å². The van der Waals surface area contributed by atoms with E-state index in [1.165, 1.54) is 22.3 Å². The van der Waals surface area contributed by atoms with E-state index in [-0.39, 0.29) is 37.3 Å². The van der Waals surface area contributed by atoms with Gasteiger partial charge in [0.15, 0.2) is 0 Å². The van der Waals surface area contributed by atoms with Crippen LogP contribution in [0.5, 0.6) is 0 Å². The number of para-hydroxylation sites is 1. The van der Waals surface area contributed by atoms with Gasteiger partial charge in [-0.1, -0.05) is 176 Å². The molecule has 0 fully saturated rings. The normalized spacial score (nSPS) is 12.5. The standard InChI is InChI=1S/C48H46N4.Pt/c1-46(2,3)35-17-19-41-34(27-35)28-44(50-41)52-43-16-11-10-14-38(43)39-18-20-42(51-45(39)52)33-23-30(22-32(24-33)40-15-12-13-21-49-40)31-25-36(47(4,5)6)29-37(26-31)48(7,8)9;/h10-23,25-29H,1-9H3;/q-2;+2. The molecule has 53 heavy (non-hydrogen) atoms. The van der Waals surface area contributed by atoms with E-state index in [0.717, 1.165) is 66.7 Å². The molecule has 0 bridgehead atoms. The summed E-state index contributed by atoms with van der Waals surface area (Å²) in [5, 5.41) is 3.38. The van der Waals surface area contributed by atoms with Gasteiger partial charge in [0.25, 0.3) is 0 Å². The molecule has 0 unspecified atom stereocenters. The first-order chi connectivity index (χ1) is 24.6. The number of rotatable bonds is 4. The number of nitrogens with zero attached hydrogens (tertiary/aromatic N) is 4. The van der Waals surface area contributed by atoms with Crippen LogP contribution in [0.1, 0.15) is 79.0 Å². The second-order valence-electron chi connectivity index (χ2n) is 17.3. The van der Waals surface area contributed by atoms with Crippen LogP contribution >= 0.6 is 0 Å². The molecule has 4 nitrogen and oxygen atoms in total. The zero-order valence-electron chi connectivity index (χ0n) is 32.1. The summed E-state index contributed by atoms with van der Waals surface area (Å²) in [5.74, 6) is 0.873. The molecule has 0 amide bonds. The van der Waals surface area contributed by atoms with Crippen LogP contribution in [0.15, 0.2) is 115 Å². The van der Waals surface area contributed by atoms with Crippen molar-refractivity contribution in [3.63, 3.8) is 0 Å². The third kappa shape index (κ3) is 6.90. The Hall–Kier alpha value is -4.79. The number of hydrogen-bond acceptors (Lipinski definition) is 2. The Labute approximate surface area is 328 Å². The smallest absolute Gasteiger partial charge is 0.435 e. The molecule has 0 spiro atoms. The number of aromatic nitrogens is 4. The second kappa shape index (κ2) is 13.3. The van der Waals surface area contributed by atoms with Crippen molar-refractivity contribution < 1.29 is 21.1 Å². The van der Waals surface area contributed by atoms with E-state index in [1.54, 1.807) is 0 Å². The van der Waals surface area contributed by atoms with Crippen molar-refractivity contribution in [1.82, 2.24) is 19.5 Å². The van der Waals surface area contributed by atoms with Gasteiger partial charge in [0.1, 0.15) is 0 Å². The minimum absolute atomic E-state index is 0. The summed E-state index contributed by atoms with van der Waals surface area (Å²) >= 11 is 0. The molecule has 4 heterocycles. The van der Waals surface area contributed by atoms with E-state index in [9.17, 15) is 0 Å². The summed E-state index contributed by atoms with van der Waals surface area (Å²) in [7, 11) is 0. The van der Waals surface area contributed by atoms with Gasteiger partial charge in [-0.05, 0) is 66.4 Å². The van der Waals surface area contributed by atoms with Gasteiger partial charge in [-0.15, -0.1) is 18.2 Å². The first kappa shape index (κ1) is 36.6. The second-order valence-corrected chi connectivity index (χ2v) is 17.3. The minimum Gasteiger partial charge on any atom is -0.435 e. The number of hydrogen-bond donors (Lipinski definition) is 0. The maximum atomic E-state index is 5.44. The van der Waals surface area contributed by atoms with E-state index >= 15 is 0 Å². The van der Waals surface area contributed by atoms with Gasteiger partial charge in [0.05, 0.1) is 5.65 Å². The van der Waals surface area contributed by atoms with Crippen LogP contribution in [0.4, 0.5) is 0 Å². The Morgan fingerprint density at radius 1 is 0.566 bits per heavy atom. The molecule has 0 saturated heterocycles. The Morgan fingerprint density at radius 3 is 1.87 bits per heavy atom. The number of fused-ring (bicyclic) bond motifs is 4. The number of pyridine rings is 2. The predicted octanol–water partition coefficient (Wildman–Crippen LogP) is 12.4. The van der Waals surface area contributed by atoms with E-state index in [0.29, 0.717) is 0 Å². The van der Waals surface area contributed by atoms with Crippen molar-refractivity contribution >= 4 is 32.8 Å². The van der Waals surface area contributed by atoms with Crippen LogP contribution in [0.3, 0.4) is 0 Å². The van der Waals surface area contributed by atoms with E-state index in [2.05, 4.69) is 170 Å². The fourth-order valence-electron chi connectivity index (χ4n) is 7.06. The van der Waals surface area contributed by atoms with Gasteiger partial charge in [0.2, 0.25) is 0 Å². The first-order valence-electron chi connectivity index (χ1n) is 18.3. The van der Waals surface area contributed by atoms with Crippen molar-refractivity contribution in [2.24, 2.45) is 0 Å². The largest absolute Gasteiger partial charge is 2.00 e. The van der Waals surface area contributed by atoms with Crippen LogP contribution in [0.2, 0.25) is 0 Å². The fraction of sp³-hybridized carbons (Fsp3) is 0.250. The zero-order valence-corrected chi connectivity index (χ0v) is 34.3. The van der Waals surface area contributed by atoms with Gasteiger partial charge < -0.3 is 9.55 Å². The van der Waals surface area contributed by atoms with Gasteiger partial charge >= 0.3 is 21.1 Å². The molecule has 0 aliphatic rings. The number of benzene rings is 4. The molecule has 4 aromatic heterocycles. The van der Waals surface area contributed by atoms with Gasteiger partial charge in [-0.25, -0.2) is 0 Å². The van der Waals surface area contributed by atoms with E-state index in [4.69, 9.17) is 15.0 Å². The molecule has 5 heteroatoms. The van der Waals surface area contributed by atoms with E-state index in [1.807, 2.05) is 18.3 Å². The summed E-state index contributed by atoms with van der Waals surface area (Å²) in [6.45, 7) is 20.5. The molecule has 0 aliphatic carbocycles. The summed E-state index contributed by atoms with van der Waals surface area (Å²) in [5.41, 5.74) is 12.8. The van der Waals surface area contributed by atoms with Crippen LogP contribution < -0.4 is 4.98 Å². The van der Waals surface area contributed by atoms with Crippen molar-refractivity contribution in [2.75, 3.05) is 0 Å². The maximum Gasteiger partial charge on any atom is 2.00 e. The fourth-order valence-corrected chi connectivity index (χ4v) is 7.06. The van der Waals surface area contributed by atoms with Crippen molar-refractivity contribution in [2.45, 2.75) is 78.6 Å². The maximum absolute atomic E-state index is 5.44. The molecule has 268 valence electrons. The van der Waals surface area contributed by atoms with Crippen molar-refractivity contribution in [1.29, 1.82) is 0 Å². The molecule has 0 N–H and O–H groups in total. The molecular formula is C48H46N4Pt. The summed E-state index contributed by atoms with van der Waals surface area (Å²) in [6.07, 6.45) is 1.84. The van der Waals surface area contributed by atoms with Crippen molar-refractivity contribution in [3.05, 3.63) is 138 Å². The zero-order chi connectivity index (χ0) is 36.6. The molecular weight excluding hydrogens is 828 g/mol. The molecule has 4 aromatic carbocycles. The Balaban J connectivity index is 0.00000435. The average Bonchev–Trinajstić information content (AvgIpc) is 3.68. The summed E-state index contributed by atoms with van der Waals surface area (Å²) < 4.78 is 2.22. The molecule has 8 aromatic rings. The first-order valence-corrected chi connectivity index (χ1v) is 18.3. The quantitative estimate of drug-likeness (QED) is 0.166. The van der Waals surface area contributed by atoms with Gasteiger partial charge in [-0.3, -0.25) is 9.97 Å². The summed E-state index contributed by atoms with van der Waals surface area (Å²) in [4.78, 5) is 15.3. The SMILES string of the molecule is CC(C)(C)c1cc(-c2cc(-c3ccccn3)[c-]c(-c3ccc4c5ccccc5n(-c5cc6cc(C(C)(C)C)ccc6[n-]5)c4n3)c2)cc(C(C)(C)C)c1.[Pt+2]. The van der Waals surface area contributed by atoms with Gasteiger partial charge in [-0.2, -0.15) is 0 Å². The van der Waals surface area contributed by atoms with Crippen molar-refractivity contribution in [3.8, 4) is 39.5 Å². The van der Waals surface area contributed by atoms with Gasteiger partial charge in [0, 0.05) is 23.0 Å².